The molecule has 0 amide bonds. The van der Waals surface area contributed by atoms with Gasteiger partial charge in [0.25, 0.3) is 0 Å². The van der Waals surface area contributed by atoms with E-state index in [1.165, 1.54) is 5.56 Å². The summed E-state index contributed by atoms with van der Waals surface area (Å²) in [5.74, 6) is 0.291. The Labute approximate surface area is 119 Å². The first-order valence-electron chi connectivity index (χ1n) is 6.85. The zero-order valence-electron chi connectivity index (χ0n) is 11.7. The standard InChI is InChI=1S/C17H21NO2/c1-13-7-8-17(20)15(9-13)11-18-16(12-19)10-14-5-3-2-4-6-14/h2-9,16,18-20H,10-12H2,1H3. The topological polar surface area (TPSA) is 52.5 Å². The van der Waals surface area contributed by atoms with Crippen molar-refractivity contribution in [2.75, 3.05) is 6.61 Å². The van der Waals surface area contributed by atoms with Gasteiger partial charge in [-0.15, -0.1) is 0 Å². The van der Waals surface area contributed by atoms with Gasteiger partial charge in [0, 0.05) is 18.2 Å². The molecule has 0 radical (unpaired) electrons. The number of rotatable bonds is 6. The predicted octanol–water partition coefficient (Wildman–Crippen LogP) is 2.39. The minimum absolute atomic E-state index is 0.0164. The predicted molar refractivity (Wildman–Crippen MR) is 80.7 cm³/mol. The first-order chi connectivity index (χ1) is 9.69. The van der Waals surface area contributed by atoms with Gasteiger partial charge in [0.05, 0.1) is 6.61 Å². The van der Waals surface area contributed by atoms with Crippen LogP contribution in [0.1, 0.15) is 16.7 Å². The molecule has 1 atom stereocenters. The highest BCUT2D eigenvalue weighted by Gasteiger charge is 2.09. The van der Waals surface area contributed by atoms with Gasteiger partial charge in [0.1, 0.15) is 5.75 Å². The molecule has 2 rings (SSSR count). The molecule has 1 unspecified atom stereocenters. The quantitative estimate of drug-likeness (QED) is 0.756. The molecule has 0 aliphatic rings. The maximum absolute atomic E-state index is 9.81. The summed E-state index contributed by atoms with van der Waals surface area (Å²) in [7, 11) is 0. The van der Waals surface area contributed by atoms with Gasteiger partial charge in [0.2, 0.25) is 0 Å². The highest BCUT2D eigenvalue weighted by Crippen LogP contribution is 2.18. The number of phenolic OH excluding ortho intramolecular Hbond substituents is 1. The van der Waals surface area contributed by atoms with Crippen LogP contribution in [0.4, 0.5) is 0 Å². The SMILES string of the molecule is Cc1ccc(O)c(CNC(CO)Cc2ccccc2)c1. The molecule has 0 fully saturated rings. The van der Waals surface area contributed by atoms with Gasteiger partial charge in [-0.2, -0.15) is 0 Å². The van der Waals surface area contributed by atoms with Crippen molar-refractivity contribution in [3.63, 3.8) is 0 Å². The lowest BCUT2D eigenvalue weighted by Gasteiger charge is -2.17. The van der Waals surface area contributed by atoms with Gasteiger partial charge < -0.3 is 15.5 Å². The van der Waals surface area contributed by atoms with Crippen LogP contribution < -0.4 is 5.32 Å². The first kappa shape index (κ1) is 14.6. The van der Waals surface area contributed by atoms with Crippen LogP contribution in [0, 0.1) is 6.92 Å². The van der Waals surface area contributed by atoms with Crippen molar-refractivity contribution in [3.8, 4) is 5.75 Å². The van der Waals surface area contributed by atoms with E-state index in [1.54, 1.807) is 6.07 Å². The Bertz CT molecular complexity index is 540. The van der Waals surface area contributed by atoms with Crippen molar-refractivity contribution in [2.45, 2.75) is 25.9 Å². The molecule has 0 aliphatic heterocycles. The average molecular weight is 271 g/mol. The fourth-order valence-corrected chi connectivity index (χ4v) is 2.21. The minimum Gasteiger partial charge on any atom is -0.508 e. The van der Waals surface area contributed by atoms with Crippen LogP contribution in [0.2, 0.25) is 0 Å². The molecule has 0 heterocycles. The van der Waals surface area contributed by atoms with Gasteiger partial charge >= 0.3 is 0 Å². The second-order valence-corrected chi connectivity index (χ2v) is 5.08. The summed E-state index contributed by atoms with van der Waals surface area (Å²) >= 11 is 0. The lowest BCUT2D eigenvalue weighted by atomic mass is 10.1. The Balaban J connectivity index is 1.95. The molecule has 3 nitrogen and oxygen atoms in total. The zero-order chi connectivity index (χ0) is 14.4. The fraction of sp³-hybridized carbons (Fsp3) is 0.294. The average Bonchev–Trinajstić information content (AvgIpc) is 2.47. The van der Waals surface area contributed by atoms with Gasteiger partial charge in [-0.3, -0.25) is 0 Å². The van der Waals surface area contributed by atoms with E-state index in [4.69, 9.17) is 0 Å². The summed E-state index contributed by atoms with van der Waals surface area (Å²) < 4.78 is 0. The summed E-state index contributed by atoms with van der Waals surface area (Å²) in [4.78, 5) is 0. The number of hydrogen-bond acceptors (Lipinski definition) is 3. The first-order valence-corrected chi connectivity index (χ1v) is 6.85. The molecule has 0 saturated carbocycles. The van der Waals surface area contributed by atoms with Gasteiger partial charge in [-0.25, -0.2) is 0 Å². The van der Waals surface area contributed by atoms with Crippen LogP contribution >= 0.6 is 0 Å². The van der Waals surface area contributed by atoms with Gasteiger partial charge in [-0.05, 0) is 25.0 Å². The molecule has 0 spiro atoms. The van der Waals surface area contributed by atoms with Crippen molar-refractivity contribution in [3.05, 3.63) is 65.2 Å². The van der Waals surface area contributed by atoms with Crippen LogP contribution in [0.3, 0.4) is 0 Å². The second kappa shape index (κ2) is 7.08. The van der Waals surface area contributed by atoms with E-state index in [1.807, 2.05) is 37.3 Å². The summed E-state index contributed by atoms with van der Waals surface area (Å²) in [6.45, 7) is 2.61. The normalized spacial score (nSPS) is 12.3. The fourth-order valence-electron chi connectivity index (χ4n) is 2.21. The molecule has 0 aliphatic carbocycles. The molecule has 0 saturated heterocycles. The van der Waals surface area contributed by atoms with Crippen molar-refractivity contribution < 1.29 is 10.2 Å². The van der Waals surface area contributed by atoms with Crippen molar-refractivity contribution >= 4 is 0 Å². The van der Waals surface area contributed by atoms with Crippen LogP contribution in [0.5, 0.6) is 5.75 Å². The van der Waals surface area contributed by atoms with E-state index in [2.05, 4.69) is 17.4 Å². The lowest BCUT2D eigenvalue weighted by molar-refractivity contribution is 0.240. The number of aromatic hydroxyl groups is 1. The monoisotopic (exact) mass is 271 g/mol. The molecular weight excluding hydrogens is 250 g/mol. The number of hydrogen-bond donors (Lipinski definition) is 3. The maximum Gasteiger partial charge on any atom is 0.120 e. The maximum atomic E-state index is 9.81. The Kier molecular flexibility index (Phi) is 5.16. The molecule has 106 valence electrons. The van der Waals surface area contributed by atoms with Crippen LogP contribution in [-0.2, 0) is 13.0 Å². The Morgan fingerprint density at radius 1 is 1.10 bits per heavy atom. The summed E-state index contributed by atoms with van der Waals surface area (Å²) in [6.07, 6.45) is 0.768. The Morgan fingerprint density at radius 3 is 2.55 bits per heavy atom. The Hall–Kier alpha value is -1.84. The highest BCUT2D eigenvalue weighted by molar-refractivity contribution is 5.35. The largest absolute Gasteiger partial charge is 0.508 e. The van der Waals surface area contributed by atoms with Gasteiger partial charge in [-0.1, -0.05) is 48.0 Å². The number of aliphatic hydroxyl groups excluding tert-OH is 1. The zero-order valence-corrected chi connectivity index (χ0v) is 11.7. The number of aryl methyl sites for hydroxylation is 1. The highest BCUT2D eigenvalue weighted by atomic mass is 16.3. The van der Waals surface area contributed by atoms with Crippen molar-refractivity contribution in [2.24, 2.45) is 0 Å². The summed E-state index contributed by atoms with van der Waals surface area (Å²) in [6, 6.07) is 15.6. The number of aliphatic hydroxyl groups is 1. The lowest BCUT2D eigenvalue weighted by Crippen LogP contribution is -2.34. The molecule has 3 N–H and O–H groups in total. The minimum atomic E-state index is -0.0164. The van der Waals surface area contributed by atoms with E-state index in [0.29, 0.717) is 12.3 Å². The van der Waals surface area contributed by atoms with Crippen molar-refractivity contribution in [1.82, 2.24) is 5.32 Å². The Morgan fingerprint density at radius 2 is 1.85 bits per heavy atom. The molecule has 3 heteroatoms. The molecular formula is C17H21NO2. The third-order valence-corrected chi connectivity index (χ3v) is 3.36. The molecule has 0 aromatic heterocycles. The van der Waals surface area contributed by atoms with Crippen molar-refractivity contribution in [1.29, 1.82) is 0 Å². The number of nitrogens with one attached hydrogen (secondary N) is 1. The van der Waals surface area contributed by atoms with E-state index in [-0.39, 0.29) is 12.6 Å². The van der Waals surface area contributed by atoms with E-state index in [9.17, 15) is 10.2 Å². The van der Waals surface area contributed by atoms with Crippen LogP contribution in [-0.4, -0.2) is 22.9 Å². The van der Waals surface area contributed by atoms with E-state index in [0.717, 1.165) is 17.5 Å². The second-order valence-electron chi connectivity index (χ2n) is 5.08. The molecule has 2 aromatic rings. The number of benzene rings is 2. The summed E-state index contributed by atoms with van der Waals surface area (Å²) in [5, 5.41) is 22.6. The van der Waals surface area contributed by atoms with E-state index >= 15 is 0 Å². The molecule has 2 aromatic carbocycles. The van der Waals surface area contributed by atoms with Crippen LogP contribution in [0.25, 0.3) is 0 Å². The van der Waals surface area contributed by atoms with Gasteiger partial charge in [0.15, 0.2) is 0 Å². The third kappa shape index (κ3) is 4.08. The third-order valence-electron chi connectivity index (χ3n) is 3.36. The number of phenols is 1. The summed E-state index contributed by atoms with van der Waals surface area (Å²) in [5.41, 5.74) is 3.16. The molecule has 20 heavy (non-hydrogen) atoms. The smallest absolute Gasteiger partial charge is 0.120 e. The van der Waals surface area contributed by atoms with Crippen LogP contribution in [0.15, 0.2) is 48.5 Å². The molecule has 0 bridgehead atoms. The van der Waals surface area contributed by atoms with E-state index < -0.39 is 0 Å².